The van der Waals surface area contributed by atoms with Crippen LogP contribution in [0.5, 0.6) is 0 Å². The molecule has 2 aromatic carbocycles. The molecular formula is C20H21FN2O. The van der Waals surface area contributed by atoms with Gasteiger partial charge in [-0.05, 0) is 43.2 Å². The zero-order valence-corrected chi connectivity index (χ0v) is 13.8. The summed E-state index contributed by atoms with van der Waals surface area (Å²) in [5.74, 6) is -0.409. The molecule has 0 fully saturated rings. The monoisotopic (exact) mass is 324 g/mol. The van der Waals surface area contributed by atoms with E-state index in [1.807, 2.05) is 44.3 Å². The smallest absolute Gasteiger partial charge is 0.221 e. The van der Waals surface area contributed by atoms with Crippen molar-refractivity contribution < 1.29 is 9.18 Å². The summed E-state index contributed by atoms with van der Waals surface area (Å²) in [5, 5.41) is 4.03. The summed E-state index contributed by atoms with van der Waals surface area (Å²) in [6, 6.07) is 14.5. The van der Waals surface area contributed by atoms with E-state index in [1.54, 1.807) is 12.1 Å². The van der Waals surface area contributed by atoms with E-state index < -0.39 is 0 Å². The number of H-pyrrole nitrogens is 1. The first-order valence-corrected chi connectivity index (χ1v) is 8.15. The molecule has 0 aliphatic heterocycles. The second-order valence-electron chi connectivity index (χ2n) is 6.32. The first-order valence-electron chi connectivity index (χ1n) is 8.15. The van der Waals surface area contributed by atoms with Crippen molar-refractivity contribution in [3.8, 4) is 0 Å². The summed E-state index contributed by atoms with van der Waals surface area (Å²) in [6.45, 7) is 3.88. The number of carbonyl (C=O) groups excluding carboxylic acids is 1. The lowest BCUT2D eigenvalue weighted by atomic mass is 9.88. The minimum Gasteiger partial charge on any atom is -0.361 e. The van der Waals surface area contributed by atoms with Gasteiger partial charge in [-0.25, -0.2) is 4.39 Å². The second kappa shape index (κ2) is 6.87. The maximum absolute atomic E-state index is 13.3. The molecule has 1 aromatic heterocycles. The molecule has 0 radical (unpaired) electrons. The van der Waals surface area contributed by atoms with Crippen LogP contribution in [0.1, 0.15) is 37.3 Å². The SMILES string of the molecule is CC(C)NC(=O)CC(c1ccc(F)cc1)c1c[nH]c2ccccc12. The Labute approximate surface area is 140 Å². The van der Waals surface area contributed by atoms with Gasteiger partial charge >= 0.3 is 0 Å². The highest BCUT2D eigenvalue weighted by atomic mass is 19.1. The minimum atomic E-state index is -0.275. The summed E-state index contributed by atoms with van der Waals surface area (Å²) < 4.78 is 13.3. The number of rotatable bonds is 5. The predicted octanol–water partition coefficient (Wildman–Crippen LogP) is 4.35. The van der Waals surface area contributed by atoms with Crippen LogP contribution in [0.2, 0.25) is 0 Å². The van der Waals surface area contributed by atoms with Crippen LogP contribution in [0, 0.1) is 5.82 Å². The van der Waals surface area contributed by atoms with E-state index in [0.29, 0.717) is 6.42 Å². The van der Waals surface area contributed by atoms with Gasteiger partial charge in [0.25, 0.3) is 0 Å². The molecule has 0 aliphatic rings. The number of fused-ring (bicyclic) bond motifs is 1. The second-order valence-corrected chi connectivity index (χ2v) is 6.32. The highest BCUT2D eigenvalue weighted by Gasteiger charge is 2.21. The van der Waals surface area contributed by atoms with Crippen LogP contribution in [0.3, 0.4) is 0 Å². The van der Waals surface area contributed by atoms with Gasteiger partial charge in [-0.1, -0.05) is 30.3 Å². The first-order chi connectivity index (χ1) is 11.5. The molecule has 1 amide bonds. The lowest BCUT2D eigenvalue weighted by Gasteiger charge is -2.18. The number of nitrogens with one attached hydrogen (secondary N) is 2. The summed E-state index contributed by atoms with van der Waals surface area (Å²) in [6.07, 6.45) is 2.27. The fourth-order valence-electron chi connectivity index (χ4n) is 3.05. The third-order valence-electron chi connectivity index (χ3n) is 4.11. The summed E-state index contributed by atoms with van der Waals surface area (Å²) in [4.78, 5) is 15.6. The number of amides is 1. The summed E-state index contributed by atoms with van der Waals surface area (Å²) in [5.41, 5.74) is 3.01. The van der Waals surface area contributed by atoms with Crippen LogP contribution in [0.15, 0.2) is 54.7 Å². The molecule has 3 nitrogen and oxygen atoms in total. The highest BCUT2D eigenvalue weighted by Crippen LogP contribution is 2.33. The van der Waals surface area contributed by atoms with Crippen molar-refractivity contribution >= 4 is 16.8 Å². The standard InChI is InChI=1S/C20H21FN2O/c1-13(2)23-20(24)11-17(14-7-9-15(21)10-8-14)18-12-22-19-6-4-3-5-16(18)19/h3-10,12-13,17,22H,11H2,1-2H3,(H,23,24). The van der Waals surface area contributed by atoms with Crippen LogP contribution in [0.4, 0.5) is 4.39 Å². The molecular weight excluding hydrogens is 303 g/mol. The minimum absolute atomic E-state index is 0.00962. The fourth-order valence-corrected chi connectivity index (χ4v) is 3.05. The Kier molecular flexibility index (Phi) is 4.65. The molecule has 0 bridgehead atoms. The molecule has 3 aromatic rings. The maximum atomic E-state index is 13.3. The van der Waals surface area contributed by atoms with E-state index in [0.717, 1.165) is 22.0 Å². The fraction of sp³-hybridized carbons (Fsp3) is 0.250. The number of halogens is 1. The zero-order chi connectivity index (χ0) is 17.1. The van der Waals surface area contributed by atoms with E-state index in [2.05, 4.69) is 10.3 Å². The van der Waals surface area contributed by atoms with Crippen LogP contribution in [-0.2, 0) is 4.79 Å². The number of aromatic amines is 1. The molecule has 0 saturated carbocycles. The van der Waals surface area contributed by atoms with E-state index in [-0.39, 0.29) is 23.7 Å². The van der Waals surface area contributed by atoms with Crippen LogP contribution in [0.25, 0.3) is 10.9 Å². The Hall–Kier alpha value is -2.62. The predicted molar refractivity (Wildman–Crippen MR) is 94.4 cm³/mol. The van der Waals surface area contributed by atoms with Crippen LogP contribution in [-0.4, -0.2) is 16.9 Å². The van der Waals surface area contributed by atoms with Gasteiger partial charge in [0.05, 0.1) is 0 Å². The number of aromatic nitrogens is 1. The molecule has 0 spiro atoms. The average molecular weight is 324 g/mol. The highest BCUT2D eigenvalue weighted by molar-refractivity contribution is 5.86. The maximum Gasteiger partial charge on any atom is 0.221 e. The summed E-state index contributed by atoms with van der Waals surface area (Å²) >= 11 is 0. The van der Waals surface area contributed by atoms with Crippen molar-refractivity contribution in [3.63, 3.8) is 0 Å². The quantitative estimate of drug-likeness (QED) is 0.720. The number of hydrogen-bond donors (Lipinski definition) is 2. The van der Waals surface area contributed by atoms with Crippen LogP contribution >= 0.6 is 0 Å². The van der Waals surface area contributed by atoms with E-state index >= 15 is 0 Å². The number of benzene rings is 2. The van der Waals surface area contributed by atoms with Crippen molar-refractivity contribution in [1.82, 2.24) is 10.3 Å². The Bertz CT molecular complexity index is 836. The Balaban J connectivity index is 2.01. The van der Waals surface area contributed by atoms with Gasteiger partial charge < -0.3 is 10.3 Å². The molecule has 124 valence electrons. The molecule has 0 aliphatic carbocycles. The number of para-hydroxylation sites is 1. The largest absolute Gasteiger partial charge is 0.361 e. The molecule has 3 rings (SSSR count). The number of hydrogen-bond acceptors (Lipinski definition) is 1. The van der Waals surface area contributed by atoms with Crippen LogP contribution < -0.4 is 5.32 Å². The van der Waals surface area contributed by atoms with Gasteiger partial charge in [0.1, 0.15) is 5.82 Å². The van der Waals surface area contributed by atoms with E-state index in [9.17, 15) is 9.18 Å². The van der Waals surface area contributed by atoms with E-state index in [4.69, 9.17) is 0 Å². The third-order valence-corrected chi connectivity index (χ3v) is 4.11. The number of carbonyl (C=O) groups is 1. The topological polar surface area (TPSA) is 44.9 Å². The third kappa shape index (κ3) is 3.48. The van der Waals surface area contributed by atoms with Gasteiger partial charge in [-0.15, -0.1) is 0 Å². The Morgan fingerprint density at radius 1 is 1.12 bits per heavy atom. The lowest BCUT2D eigenvalue weighted by molar-refractivity contribution is -0.121. The van der Waals surface area contributed by atoms with Gasteiger partial charge in [0, 0.05) is 35.5 Å². The van der Waals surface area contributed by atoms with Gasteiger partial charge in [0.15, 0.2) is 0 Å². The Morgan fingerprint density at radius 3 is 2.54 bits per heavy atom. The molecule has 4 heteroatoms. The van der Waals surface area contributed by atoms with E-state index in [1.165, 1.54) is 12.1 Å². The Morgan fingerprint density at radius 2 is 1.83 bits per heavy atom. The lowest BCUT2D eigenvalue weighted by Crippen LogP contribution is -2.31. The normalized spacial score (nSPS) is 12.5. The van der Waals surface area contributed by atoms with Crippen molar-refractivity contribution in [2.45, 2.75) is 32.2 Å². The zero-order valence-electron chi connectivity index (χ0n) is 13.8. The first kappa shape index (κ1) is 16.2. The van der Waals surface area contributed by atoms with Gasteiger partial charge in [0.2, 0.25) is 5.91 Å². The molecule has 1 atom stereocenters. The molecule has 2 N–H and O–H groups in total. The molecule has 1 unspecified atom stereocenters. The van der Waals surface area contributed by atoms with Crippen molar-refractivity contribution in [1.29, 1.82) is 0 Å². The van der Waals surface area contributed by atoms with Gasteiger partial charge in [-0.3, -0.25) is 4.79 Å². The van der Waals surface area contributed by atoms with Gasteiger partial charge in [-0.2, -0.15) is 0 Å². The average Bonchev–Trinajstić information content (AvgIpc) is 2.97. The van der Waals surface area contributed by atoms with Crippen molar-refractivity contribution in [2.75, 3.05) is 0 Å². The molecule has 24 heavy (non-hydrogen) atoms. The van der Waals surface area contributed by atoms with Crippen molar-refractivity contribution in [3.05, 3.63) is 71.7 Å². The molecule has 0 saturated heterocycles. The molecule has 1 heterocycles. The summed E-state index contributed by atoms with van der Waals surface area (Å²) in [7, 11) is 0. The van der Waals surface area contributed by atoms with Crippen molar-refractivity contribution in [2.24, 2.45) is 0 Å².